The van der Waals surface area contributed by atoms with E-state index in [1.165, 1.54) is 52.5 Å². The molecule has 0 saturated carbocycles. The summed E-state index contributed by atoms with van der Waals surface area (Å²) in [6.07, 6.45) is 4.03. The summed E-state index contributed by atoms with van der Waals surface area (Å²) in [6, 6.07) is 63.9. The zero-order valence-corrected chi connectivity index (χ0v) is 36.2. The normalized spacial score (nSPS) is 11.3. The topological polar surface area (TPSA) is 29.0 Å². The van der Waals surface area contributed by atoms with Crippen molar-refractivity contribution in [2.24, 2.45) is 0 Å². The van der Waals surface area contributed by atoms with Gasteiger partial charge in [-0.1, -0.05) is 97.1 Å². The molecule has 0 aliphatic carbocycles. The first-order valence-corrected chi connectivity index (χ1v) is 22.2. The van der Waals surface area contributed by atoms with E-state index in [9.17, 15) is 0 Å². The van der Waals surface area contributed by atoms with Crippen LogP contribution in [0.2, 0.25) is 0 Å². The second-order valence-electron chi connectivity index (χ2n) is 15.7. The average molecular weight is 822 g/mol. The molecule has 0 saturated heterocycles. The number of thiophene rings is 2. The number of benzene rings is 6. The summed E-state index contributed by atoms with van der Waals surface area (Å²) in [5, 5.41) is 2.35. The minimum Gasteiger partial charge on any atom is -0.310 e. The molecule has 0 radical (unpaired) electrons. The third kappa shape index (κ3) is 7.70. The number of anilines is 3. The summed E-state index contributed by atoms with van der Waals surface area (Å²) in [6.45, 7) is 8.64. The van der Waals surface area contributed by atoms with Gasteiger partial charge in [0.2, 0.25) is 0 Å². The SMILES string of the molecule is Cc1ccc(-c2cc(-c3cc(-c4ccccc4)c(C)cn3)cc(N(c3cc(-c4cc(-c5ccccc5)c(C)cn4)cc(-c4ccc(C)s4)c3)c3cccc4ccccc34)c2)s1. The minimum atomic E-state index is 0.930. The molecule has 0 bridgehead atoms. The Labute approximate surface area is 366 Å². The molecular formula is C56H43N3S2. The summed E-state index contributed by atoms with van der Waals surface area (Å²) >= 11 is 3.64. The zero-order valence-electron chi connectivity index (χ0n) is 34.6. The number of hydrogen-bond acceptors (Lipinski definition) is 5. The van der Waals surface area contributed by atoms with Crippen LogP contribution in [-0.2, 0) is 0 Å². The van der Waals surface area contributed by atoms with Crippen LogP contribution in [0, 0.1) is 27.7 Å². The Hall–Kier alpha value is -6.92. The summed E-state index contributed by atoms with van der Waals surface area (Å²) < 4.78 is 0. The van der Waals surface area contributed by atoms with E-state index in [1.54, 1.807) is 0 Å². The van der Waals surface area contributed by atoms with Crippen LogP contribution in [-0.4, -0.2) is 9.97 Å². The highest BCUT2D eigenvalue weighted by Gasteiger charge is 2.22. The highest BCUT2D eigenvalue weighted by Crippen LogP contribution is 2.46. The van der Waals surface area contributed by atoms with Gasteiger partial charge < -0.3 is 4.90 Å². The third-order valence-corrected chi connectivity index (χ3v) is 13.5. The number of aromatic nitrogens is 2. The van der Waals surface area contributed by atoms with E-state index in [0.717, 1.165) is 61.8 Å². The van der Waals surface area contributed by atoms with Crippen molar-refractivity contribution >= 4 is 50.5 Å². The Morgan fingerprint density at radius 2 is 0.852 bits per heavy atom. The van der Waals surface area contributed by atoms with E-state index in [2.05, 4.69) is 209 Å². The van der Waals surface area contributed by atoms with Crippen LogP contribution < -0.4 is 4.90 Å². The minimum absolute atomic E-state index is 0.930. The molecule has 0 amide bonds. The molecule has 4 heterocycles. The number of aryl methyl sites for hydroxylation is 4. The second kappa shape index (κ2) is 16.3. The highest BCUT2D eigenvalue weighted by atomic mass is 32.1. The molecule has 4 aromatic heterocycles. The molecule has 294 valence electrons. The van der Waals surface area contributed by atoms with E-state index in [4.69, 9.17) is 9.97 Å². The van der Waals surface area contributed by atoms with E-state index in [0.29, 0.717) is 0 Å². The van der Waals surface area contributed by atoms with Gasteiger partial charge in [-0.05, 0) is 156 Å². The lowest BCUT2D eigenvalue weighted by atomic mass is 9.97. The zero-order chi connectivity index (χ0) is 41.5. The molecule has 0 aliphatic rings. The van der Waals surface area contributed by atoms with Gasteiger partial charge in [-0.25, -0.2) is 0 Å². The lowest BCUT2D eigenvalue weighted by Crippen LogP contribution is -2.11. The van der Waals surface area contributed by atoms with Crippen LogP contribution in [0.5, 0.6) is 0 Å². The molecule has 5 heteroatoms. The van der Waals surface area contributed by atoms with Crippen molar-refractivity contribution in [3.8, 4) is 65.6 Å². The van der Waals surface area contributed by atoms with Crippen molar-refractivity contribution in [3.63, 3.8) is 0 Å². The van der Waals surface area contributed by atoms with Crippen molar-refractivity contribution in [2.45, 2.75) is 27.7 Å². The maximum Gasteiger partial charge on any atom is 0.0709 e. The van der Waals surface area contributed by atoms with Gasteiger partial charge in [0.05, 0.1) is 17.1 Å². The van der Waals surface area contributed by atoms with Gasteiger partial charge in [0.15, 0.2) is 0 Å². The fraction of sp³-hybridized carbons (Fsp3) is 0.0714. The van der Waals surface area contributed by atoms with Gasteiger partial charge >= 0.3 is 0 Å². The molecule has 0 unspecified atom stereocenters. The number of fused-ring (bicyclic) bond motifs is 1. The smallest absolute Gasteiger partial charge is 0.0709 e. The number of nitrogens with zero attached hydrogens (tertiary/aromatic N) is 3. The lowest BCUT2D eigenvalue weighted by Gasteiger charge is -2.29. The lowest BCUT2D eigenvalue weighted by molar-refractivity contribution is 1.25. The van der Waals surface area contributed by atoms with Crippen molar-refractivity contribution < 1.29 is 0 Å². The van der Waals surface area contributed by atoms with E-state index < -0.39 is 0 Å². The Bertz CT molecular complexity index is 3020. The van der Waals surface area contributed by atoms with E-state index in [1.807, 2.05) is 35.1 Å². The molecular weight excluding hydrogens is 779 g/mol. The van der Waals surface area contributed by atoms with Gasteiger partial charge in [0.1, 0.15) is 0 Å². The first kappa shape index (κ1) is 38.3. The van der Waals surface area contributed by atoms with Gasteiger partial charge in [0, 0.05) is 59.8 Å². The van der Waals surface area contributed by atoms with Crippen LogP contribution in [0.25, 0.3) is 76.4 Å². The summed E-state index contributed by atoms with van der Waals surface area (Å²) in [7, 11) is 0. The van der Waals surface area contributed by atoms with Crippen LogP contribution in [0.1, 0.15) is 20.9 Å². The molecule has 0 atom stereocenters. The predicted molar refractivity (Wildman–Crippen MR) is 262 cm³/mol. The molecule has 61 heavy (non-hydrogen) atoms. The highest BCUT2D eigenvalue weighted by molar-refractivity contribution is 7.15. The van der Waals surface area contributed by atoms with Crippen molar-refractivity contribution in [1.82, 2.24) is 9.97 Å². The van der Waals surface area contributed by atoms with E-state index >= 15 is 0 Å². The van der Waals surface area contributed by atoms with E-state index in [-0.39, 0.29) is 0 Å². The molecule has 0 aliphatic heterocycles. The molecule has 0 spiro atoms. The number of hydrogen-bond donors (Lipinski definition) is 0. The third-order valence-electron chi connectivity index (χ3n) is 11.4. The largest absolute Gasteiger partial charge is 0.310 e. The Morgan fingerprint density at radius 1 is 0.393 bits per heavy atom. The molecule has 6 aromatic carbocycles. The summed E-state index contributed by atoms with van der Waals surface area (Å²) in [5.74, 6) is 0. The first-order chi connectivity index (χ1) is 29.8. The number of pyridine rings is 2. The first-order valence-electron chi connectivity index (χ1n) is 20.6. The fourth-order valence-electron chi connectivity index (χ4n) is 8.29. The quantitative estimate of drug-likeness (QED) is 0.145. The average Bonchev–Trinajstić information content (AvgIpc) is 3.95. The van der Waals surface area contributed by atoms with Crippen molar-refractivity contribution in [2.75, 3.05) is 4.90 Å². The van der Waals surface area contributed by atoms with Gasteiger partial charge in [-0.2, -0.15) is 0 Å². The molecule has 3 nitrogen and oxygen atoms in total. The standard InChI is InChI=1S/C56H43N3S2/c1-36-34-57-52(32-50(36)41-14-7-5-8-15-41)43-26-45(55-24-22-38(3)60-55)30-47(28-43)59(54-21-13-19-40-18-11-12-20-49(40)54)48-29-44(27-46(31-48)56-25-23-39(4)61-56)53-33-51(37(2)35-58-53)42-16-9-6-10-17-42/h5-35H,1-4H3. The van der Waals surface area contributed by atoms with Crippen LogP contribution in [0.4, 0.5) is 17.1 Å². The summed E-state index contributed by atoms with van der Waals surface area (Å²) in [5.41, 5.74) is 16.5. The van der Waals surface area contributed by atoms with Gasteiger partial charge in [0.25, 0.3) is 0 Å². The van der Waals surface area contributed by atoms with Crippen LogP contribution >= 0.6 is 22.7 Å². The maximum absolute atomic E-state index is 5.10. The molecule has 0 fully saturated rings. The van der Waals surface area contributed by atoms with Gasteiger partial charge in [-0.3, -0.25) is 9.97 Å². The monoisotopic (exact) mass is 821 g/mol. The Morgan fingerprint density at radius 3 is 1.34 bits per heavy atom. The summed E-state index contributed by atoms with van der Waals surface area (Å²) in [4.78, 5) is 17.6. The Kier molecular flexibility index (Phi) is 10.2. The maximum atomic E-state index is 5.10. The van der Waals surface area contributed by atoms with Crippen LogP contribution in [0.3, 0.4) is 0 Å². The fourth-order valence-corrected chi connectivity index (χ4v) is 10.0. The van der Waals surface area contributed by atoms with Crippen molar-refractivity contribution in [1.29, 1.82) is 0 Å². The Balaban J connectivity index is 1.25. The van der Waals surface area contributed by atoms with Crippen molar-refractivity contribution in [3.05, 3.63) is 209 Å². The second-order valence-corrected chi connectivity index (χ2v) is 18.3. The molecule has 0 N–H and O–H groups in total. The van der Waals surface area contributed by atoms with Crippen LogP contribution in [0.15, 0.2) is 188 Å². The molecule has 10 aromatic rings. The number of rotatable bonds is 9. The molecule has 10 rings (SSSR count). The van der Waals surface area contributed by atoms with Gasteiger partial charge in [-0.15, -0.1) is 22.7 Å². The predicted octanol–water partition coefficient (Wildman–Crippen LogP) is 16.5.